The summed E-state index contributed by atoms with van der Waals surface area (Å²) in [4.78, 5) is 13.6. The molecule has 0 aromatic rings. The number of aliphatic hydroxyl groups excluding tert-OH is 2. The fourth-order valence-corrected chi connectivity index (χ4v) is 9.55. The first-order valence-corrected chi connectivity index (χ1v) is 20.2. The number of amides is 1. The number of carbonyl (C=O) groups is 1. The molecule has 0 heterocycles. The van der Waals surface area contributed by atoms with E-state index in [9.17, 15) is 15.0 Å². The molecule has 2 N–H and O–H groups in total. The summed E-state index contributed by atoms with van der Waals surface area (Å²) in [6.45, 7) is 16.9. The fourth-order valence-electron chi connectivity index (χ4n) is 3.21. The minimum absolute atomic E-state index is 0.0162. The van der Waals surface area contributed by atoms with Crippen LogP contribution in [-0.4, -0.2) is 115 Å². The molecule has 0 saturated carbocycles. The first kappa shape index (κ1) is 39.0. The second kappa shape index (κ2) is 21.7. The van der Waals surface area contributed by atoms with Gasteiger partial charge >= 0.3 is 17.1 Å². The SMILES string of the molecule is C=CC(=O)N(CC(O)COCCC[Si](C)(OC)OC)CC(O)COCCC[Si](C)(OSC(C)C)OSC(C)C. The van der Waals surface area contributed by atoms with Crippen LogP contribution in [0.4, 0.5) is 0 Å². The molecule has 10 nitrogen and oxygen atoms in total. The maximum Gasteiger partial charge on any atom is 0.360 e. The van der Waals surface area contributed by atoms with Gasteiger partial charge in [0.25, 0.3) is 0 Å². The van der Waals surface area contributed by atoms with Crippen molar-refractivity contribution in [2.75, 3.05) is 53.7 Å². The summed E-state index contributed by atoms with van der Waals surface area (Å²) in [6, 6.07) is 1.53. The van der Waals surface area contributed by atoms with Gasteiger partial charge in [0.2, 0.25) is 5.91 Å². The van der Waals surface area contributed by atoms with Crippen molar-refractivity contribution in [2.45, 2.75) is 88.4 Å². The lowest BCUT2D eigenvalue weighted by Crippen LogP contribution is -2.43. The van der Waals surface area contributed by atoms with E-state index < -0.39 is 29.3 Å². The zero-order valence-electron chi connectivity index (χ0n) is 25.2. The Balaban J connectivity index is 4.48. The van der Waals surface area contributed by atoms with E-state index in [2.05, 4.69) is 40.8 Å². The molecule has 0 aromatic carbocycles. The predicted octanol–water partition coefficient (Wildman–Crippen LogP) is 4.12. The molecule has 0 saturated heterocycles. The number of aliphatic hydroxyl groups is 2. The van der Waals surface area contributed by atoms with Crippen LogP contribution in [0.3, 0.4) is 0 Å². The predicted molar refractivity (Wildman–Crippen MR) is 164 cm³/mol. The van der Waals surface area contributed by atoms with Gasteiger partial charge in [0.05, 0.1) is 25.4 Å². The van der Waals surface area contributed by atoms with Crippen molar-refractivity contribution in [1.29, 1.82) is 0 Å². The van der Waals surface area contributed by atoms with Gasteiger partial charge in [-0.3, -0.25) is 4.79 Å². The van der Waals surface area contributed by atoms with Crippen molar-refractivity contribution in [3.8, 4) is 0 Å². The van der Waals surface area contributed by atoms with Crippen molar-refractivity contribution in [2.24, 2.45) is 0 Å². The molecule has 0 spiro atoms. The second-order valence-electron chi connectivity index (χ2n) is 10.2. The van der Waals surface area contributed by atoms with Gasteiger partial charge in [-0.05, 0) is 68.2 Å². The topological polar surface area (TPSA) is 116 Å². The molecule has 39 heavy (non-hydrogen) atoms. The first-order valence-electron chi connectivity index (χ1n) is 13.5. The highest BCUT2D eigenvalue weighted by Gasteiger charge is 2.34. The number of nitrogens with zero attached hydrogens (tertiary/aromatic N) is 1. The number of hydrogen-bond acceptors (Lipinski definition) is 11. The van der Waals surface area contributed by atoms with Crippen LogP contribution >= 0.6 is 24.1 Å². The molecule has 14 heteroatoms. The standard InChI is InChI=1S/C25H53NO9S2Si2/c1-10-25(29)26(17-23(27)19-32-13-11-15-38(8,30-6)31-7)18-24(28)20-33-14-12-16-39(9,34-36-21(2)3)35-37-22(4)5/h10,21-24,27-28H,1,11-20H2,2-9H3. The van der Waals surface area contributed by atoms with Crippen molar-refractivity contribution >= 4 is 47.1 Å². The molecule has 2 atom stereocenters. The zero-order valence-corrected chi connectivity index (χ0v) is 28.8. The highest BCUT2D eigenvalue weighted by molar-refractivity contribution is 7.97. The molecule has 0 rings (SSSR count). The van der Waals surface area contributed by atoms with E-state index in [1.165, 1.54) is 29.0 Å². The van der Waals surface area contributed by atoms with Crippen LogP contribution in [0.15, 0.2) is 12.7 Å². The van der Waals surface area contributed by atoms with E-state index in [0.29, 0.717) is 23.7 Å². The van der Waals surface area contributed by atoms with Crippen LogP contribution in [0, 0.1) is 0 Å². The quantitative estimate of drug-likeness (QED) is 0.0656. The van der Waals surface area contributed by atoms with E-state index in [4.69, 9.17) is 26.1 Å². The molecule has 2 unspecified atom stereocenters. The lowest BCUT2D eigenvalue weighted by atomic mass is 10.2. The summed E-state index contributed by atoms with van der Waals surface area (Å²) in [5.41, 5.74) is 0. The Morgan fingerprint density at radius 3 is 1.62 bits per heavy atom. The minimum atomic E-state index is -2.38. The largest absolute Gasteiger partial charge is 0.398 e. The smallest absolute Gasteiger partial charge is 0.360 e. The molecule has 232 valence electrons. The van der Waals surface area contributed by atoms with Crippen LogP contribution in [0.1, 0.15) is 40.5 Å². The van der Waals surface area contributed by atoms with Gasteiger partial charge in [0, 0.05) is 51.0 Å². The highest BCUT2D eigenvalue weighted by atomic mass is 32.2. The van der Waals surface area contributed by atoms with E-state index in [1.54, 1.807) is 14.2 Å². The van der Waals surface area contributed by atoms with Gasteiger partial charge in [0.15, 0.2) is 0 Å². The Labute approximate surface area is 247 Å². The van der Waals surface area contributed by atoms with Gasteiger partial charge in [-0.25, -0.2) is 0 Å². The molecule has 0 aliphatic rings. The summed E-state index contributed by atoms with van der Waals surface area (Å²) >= 11 is 2.89. The van der Waals surface area contributed by atoms with Gasteiger partial charge in [-0.15, -0.1) is 0 Å². The van der Waals surface area contributed by atoms with Gasteiger partial charge in [-0.2, -0.15) is 0 Å². The van der Waals surface area contributed by atoms with Crippen LogP contribution in [0.25, 0.3) is 0 Å². The molecular weight excluding hydrogens is 579 g/mol. The van der Waals surface area contributed by atoms with E-state index in [-0.39, 0.29) is 32.2 Å². The molecule has 0 radical (unpaired) electrons. The van der Waals surface area contributed by atoms with Crippen LogP contribution < -0.4 is 0 Å². The summed E-state index contributed by atoms with van der Waals surface area (Å²) < 4.78 is 34.3. The summed E-state index contributed by atoms with van der Waals surface area (Å²) in [5.74, 6) is -0.378. The zero-order chi connectivity index (χ0) is 29.9. The lowest BCUT2D eigenvalue weighted by Gasteiger charge is -2.27. The van der Waals surface area contributed by atoms with Crippen LogP contribution in [0.5, 0.6) is 0 Å². The van der Waals surface area contributed by atoms with Gasteiger partial charge < -0.3 is 41.2 Å². The molecule has 0 bridgehead atoms. The normalized spacial score (nSPS) is 14.2. The Bertz CT molecular complexity index is 649. The monoisotopic (exact) mass is 631 g/mol. The van der Waals surface area contributed by atoms with Crippen molar-refractivity contribution in [1.82, 2.24) is 4.90 Å². The van der Waals surface area contributed by atoms with E-state index in [1.807, 2.05) is 6.55 Å². The van der Waals surface area contributed by atoms with Crippen molar-refractivity contribution in [3.05, 3.63) is 12.7 Å². The highest BCUT2D eigenvalue weighted by Crippen LogP contribution is 2.29. The van der Waals surface area contributed by atoms with Crippen molar-refractivity contribution in [3.63, 3.8) is 0 Å². The number of rotatable bonds is 25. The Morgan fingerprint density at radius 2 is 1.26 bits per heavy atom. The van der Waals surface area contributed by atoms with Crippen LogP contribution in [-0.2, 0) is 30.9 Å². The van der Waals surface area contributed by atoms with E-state index in [0.717, 1.165) is 31.0 Å². The fraction of sp³-hybridized carbons (Fsp3) is 0.880. The molecule has 0 aliphatic carbocycles. The number of carbonyl (C=O) groups excluding carboxylic acids is 1. The Hall–Kier alpha value is 0.0238. The third-order valence-electron chi connectivity index (χ3n) is 5.51. The average molecular weight is 632 g/mol. The average Bonchev–Trinajstić information content (AvgIpc) is 2.89. The van der Waals surface area contributed by atoms with Crippen molar-refractivity contribution < 1.29 is 41.1 Å². The maximum absolute atomic E-state index is 12.3. The molecule has 0 aliphatic heterocycles. The minimum Gasteiger partial charge on any atom is -0.398 e. The molecule has 1 amide bonds. The molecule has 0 fully saturated rings. The second-order valence-corrected chi connectivity index (χ2v) is 20.2. The van der Waals surface area contributed by atoms with Gasteiger partial charge in [0.1, 0.15) is 0 Å². The number of hydrogen-bond donors (Lipinski definition) is 2. The molecular formula is C25H53NO9S2Si2. The third kappa shape index (κ3) is 19.7. The summed E-state index contributed by atoms with van der Waals surface area (Å²) in [6.07, 6.45) is 0.837. The Morgan fingerprint density at radius 1 is 0.846 bits per heavy atom. The van der Waals surface area contributed by atoms with E-state index >= 15 is 0 Å². The third-order valence-corrected chi connectivity index (χ3v) is 14.1. The Kier molecular flexibility index (Phi) is 21.7. The van der Waals surface area contributed by atoms with Crippen LogP contribution in [0.2, 0.25) is 25.2 Å². The first-order chi connectivity index (χ1) is 18.3. The molecule has 0 aromatic heterocycles. The number of ether oxygens (including phenoxy) is 2. The summed E-state index contributed by atoms with van der Waals surface area (Å²) in [7, 11) is -1.22. The maximum atomic E-state index is 12.3. The summed E-state index contributed by atoms with van der Waals surface area (Å²) in [5, 5.41) is 21.5. The lowest BCUT2D eigenvalue weighted by molar-refractivity contribution is -0.130. The van der Waals surface area contributed by atoms with Gasteiger partial charge in [-0.1, -0.05) is 34.3 Å².